The van der Waals surface area contributed by atoms with Gasteiger partial charge >= 0.3 is 0 Å². The number of unbranched alkanes of at least 4 members (excludes halogenated alkanes) is 23. The Hall–Kier alpha value is -2.37. The third kappa shape index (κ3) is 35.7. The molecule has 1 fully saturated rings. The highest BCUT2D eigenvalue weighted by Gasteiger charge is 2.44. The van der Waals surface area contributed by atoms with Gasteiger partial charge in [-0.2, -0.15) is 0 Å². The summed E-state index contributed by atoms with van der Waals surface area (Å²) in [5.74, 6) is -0.150. The SMILES string of the molecule is CC/C=C\C/C=C\C/C=C\C/C=C\C/C=C\C/C=C\CCCCCCCCCCCCCCCCCCCCC(=O)NC(COC1OC(CO)C(O)C(O)C1O)C(O)CCCCCCCC. The van der Waals surface area contributed by atoms with E-state index in [1.807, 2.05) is 0 Å². The molecule has 0 aromatic heterocycles. The molecule has 7 atom stereocenters. The van der Waals surface area contributed by atoms with E-state index in [4.69, 9.17) is 9.47 Å². The number of carbonyl (C=O) groups is 1. The van der Waals surface area contributed by atoms with E-state index < -0.39 is 49.5 Å². The third-order valence-electron chi connectivity index (χ3n) is 12.6. The van der Waals surface area contributed by atoms with E-state index in [9.17, 15) is 30.3 Å². The van der Waals surface area contributed by atoms with E-state index in [-0.39, 0.29) is 12.5 Å². The molecule has 7 unspecified atom stereocenters. The highest BCUT2D eigenvalue weighted by molar-refractivity contribution is 5.76. The molecule has 0 saturated carbocycles. The summed E-state index contributed by atoms with van der Waals surface area (Å²) in [7, 11) is 0. The third-order valence-corrected chi connectivity index (χ3v) is 12.6. The maximum absolute atomic E-state index is 12.9. The van der Waals surface area contributed by atoms with Crippen LogP contribution in [0.25, 0.3) is 0 Å². The van der Waals surface area contributed by atoms with E-state index >= 15 is 0 Å². The van der Waals surface area contributed by atoms with E-state index in [1.165, 1.54) is 122 Å². The van der Waals surface area contributed by atoms with Gasteiger partial charge in [0.2, 0.25) is 5.91 Å². The molecule has 0 spiro atoms. The minimum absolute atomic E-state index is 0.140. The standard InChI is InChI=1S/C57H101NO8/c1-3-5-7-9-11-12-13-14-15-16-17-18-19-20-21-22-23-24-25-26-27-28-29-30-31-32-33-34-35-36-37-38-39-40-41-43-45-47-53(61)58-50(51(60)46-44-42-10-8-6-4-2)49-65-57-56(64)55(63)54(62)52(48-59)66-57/h5,7,11-12,14-15,17-18,20-21,23-24,50-52,54-57,59-60,62-64H,3-4,6,8-10,13,16,19,22,25-49H2,1-2H3,(H,58,61)/b7-5-,12-11-,15-14-,18-17-,21-20-,24-23-. The number of aliphatic hydroxyl groups is 5. The van der Waals surface area contributed by atoms with Gasteiger partial charge in [-0.1, -0.05) is 228 Å². The molecule has 1 aliphatic rings. The van der Waals surface area contributed by atoms with Crippen LogP contribution in [0.1, 0.15) is 226 Å². The Morgan fingerprint density at radius 1 is 0.530 bits per heavy atom. The number of hydrogen-bond donors (Lipinski definition) is 6. The molecule has 1 rings (SSSR count). The lowest BCUT2D eigenvalue weighted by molar-refractivity contribution is -0.302. The molecule has 0 aromatic rings. The lowest BCUT2D eigenvalue weighted by atomic mass is 9.99. The van der Waals surface area contributed by atoms with Gasteiger partial charge in [0, 0.05) is 6.42 Å². The second-order valence-electron chi connectivity index (χ2n) is 18.6. The van der Waals surface area contributed by atoms with Crippen LogP contribution in [-0.4, -0.2) is 87.5 Å². The van der Waals surface area contributed by atoms with Crippen molar-refractivity contribution in [2.75, 3.05) is 13.2 Å². The molecule has 0 aliphatic carbocycles. The lowest BCUT2D eigenvalue weighted by Crippen LogP contribution is -2.60. The Kier molecular flexibility index (Phi) is 43.3. The number of carbonyl (C=O) groups excluding carboxylic acids is 1. The van der Waals surface area contributed by atoms with Crippen LogP contribution >= 0.6 is 0 Å². The Morgan fingerprint density at radius 3 is 1.39 bits per heavy atom. The predicted molar refractivity (Wildman–Crippen MR) is 276 cm³/mol. The minimum Gasteiger partial charge on any atom is -0.394 e. The summed E-state index contributed by atoms with van der Waals surface area (Å²) >= 11 is 0. The Morgan fingerprint density at radius 2 is 0.939 bits per heavy atom. The fraction of sp³-hybridized carbons (Fsp3) is 0.772. The smallest absolute Gasteiger partial charge is 0.220 e. The molecule has 0 aromatic carbocycles. The van der Waals surface area contributed by atoms with E-state index in [0.29, 0.717) is 12.8 Å². The molecule has 382 valence electrons. The highest BCUT2D eigenvalue weighted by Crippen LogP contribution is 2.23. The first-order valence-corrected chi connectivity index (χ1v) is 27.1. The first-order valence-electron chi connectivity index (χ1n) is 27.1. The van der Waals surface area contributed by atoms with Gasteiger partial charge in [-0.3, -0.25) is 4.79 Å². The maximum Gasteiger partial charge on any atom is 0.220 e. The molecule has 0 radical (unpaired) electrons. The molecule has 6 N–H and O–H groups in total. The van der Waals surface area contributed by atoms with Crippen LogP contribution in [0.2, 0.25) is 0 Å². The number of amides is 1. The van der Waals surface area contributed by atoms with Crippen molar-refractivity contribution >= 4 is 5.91 Å². The molecule has 1 heterocycles. The van der Waals surface area contributed by atoms with Crippen molar-refractivity contribution in [3.8, 4) is 0 Å². The van der Waals surface area contributed by atoms with Gasteiger partial charge in [-0.25, -0.2) is 0 Å². The predicted octanol–water partition coefficient (Wildman–Crippen LogP) is 12.9. The van der Waals surface area contributed by atoms with Crippen molar-refractivity contribution in [2.24, 2.45) is 0 Å². The molecule has 9 nitrogen and oxygen atoms in total. The summed E-state index contributed by atoms with van der Waals surface area (Å²) in [6, 6.07) is -0.716. The monoisotopic (exact) mass is 928 g/mol. The van der Waals surface area contributed by atoms with Crippen LogP contribution < -0.4 is 5.32 Å². The Balaban J connectivity index is 2.00. The van der Waals surface area contributed by atoms with Crippen molar-refractivity contribution in [1.29, 1.82) is 0 Å². The number of rotatable bonds is 45. The van der Waals surface area contributed by atoms with E-state index in [0.717, 1.165) is 77.0 Å². The first-order chi connectivity index (χ1) is 32.3. The van der Waals surface area contributed by atoms with Gasteiger partial charge in [0.05, 0.1) is 25.4 Å². The number of ether oxygens (including phenoxy) is 2. The first kappa shape index (κ1) is 61.6. The number of hydrogen-bond acceptors (Lipinski definition) is 8. The largest absolute Gasteiger partial charge is 0.394 e. The molecule has 66 heavy (non-hydrogen) atoms. The maximum atomic E-state index is 12.9. The van der Waals surface area contributed by atoms with Crippen LogP contribution in [0.3, 0.4) is 0 Å². The van der Waals surface area contributed by atoms with Crippen LogP contribution in [-0.2, 0) is 14.3 Å². The normalized spacial score (nSPS) is 20.4. The number of allylic oxidation sites excluding steroid dienone is 12. The molecular weight excluding hydrogens is 827 g/mol. The van der Waals surface area contributed by atoms with E-state index in [1.54, 1.807) is 0 Å². The van der Waals surface area contributed by atoms with Crippen LogP contribution in [0.4, 0.5) is 0 Å². The average Bonchev–Trinajstić information content (AvgIpc) is 3.32. The van der Waals surface area contributed by atoms with Crippen LogP contribution in [0, 0.1) is 0 Å². The zero-order valence-corrected chi connectivity index (χ0v) is 42.2. The molecular formula is C57H101NO8. The summed E-state index contributed by atoms with van der Waals surface area (Å²) in [5, 5.41) is 54.1. The number of nitrogens with one attached hydrogen (secondary N) is 1. The van der Waals surface area contributed by atoms with Gasteiger partial charge in [-0.05, 0) is 64.2 Å². The van der Waals surface area contributed by atoms with Crippen LogP contribution in [0.15, 0.2) is 72.9 Å². The fourth-order valence-electron chi connectivity index (χ4n) is 8.28. The van der Waals surface area contributed by atoms with Crippen LogP contribution in [0.5, 0.6) is 0 Å². The van der Waals surface area contributed by atoms with Crippen molar-refractivity contribution in [3.05, 3.63) is 72.9 Å². The Bertz CT molecular complexity index is 1260. The minimum atomic E-state index is -1.55. The van der Waals surface area contributed by atoms with Crippen molar-refractivity contribution in [1.82, 2.24) is 5.32 Å². The summed E-state index contributed by atoms with van der Waals surface area (Å²) in [6.45, 7) is 3.65. The second kappa shape index (κ2) is 46.4. The Labute approximate surface area is 404 Å². The molecule has 9 heteroatoms. The van der Waals surface area contributed by atoms with Gasteiger partial charge in [0.15, 0.2) is 6.29 Å². The van der Waals surface area contributed by atoms with E-state index in [2.05, 4.69) is 92.1 Å². The summed E-state index contributed by atoms with van der Waals surface area (Å²) in [6.07, 6.45) is 57.0. The topological polar surface area (TPSA) is 149 Å². The summed E-state index contributed by atoms with van der Waals surface area (Å²) < 4.78 is 11.2. The van der Waals surface area contributed by atoms with Crippen molar-refractivity contribution < 1.29 is 39.8 Å². The van der Waals surface area contributed by atoms with Gasteiger partial charge in [-0.15, -0.1) is 0 Å². The lowest BCUT2D eigenvalue weighted by Gasteiger charge is -2.40. The van der Waals surface area contributed by atoms with Gasteiger partial charge < -0.3 is 40.3 Å². The van der Waals surface area contributed by atoms with Gasteiger partial charge in [0.25, 0.3) is 0 Å². The zero-order valence-electron chi connectivity index (χ0n) is 42.2. The highest BCUT2D eigenvalue weighted by atomic mass is 16.7. The molecule has 1 aliphatic heterocycles. The quantitative estimate of drug-likeness (QED) is 0.0261. The summed E-state index contributed by atoms with van der Waals surface area (Å²) in [4.78, 5) is 12.9. The fourth-order valence-corrected chi connectivity index (χ4v) is 8.28. The van der Waals surface area contributed by atoms with Gasteiger partial charge in [0.1, 0.15) is 24.4 Å². The average molecular weight is 928 g/mol. The number of aliphatic hydroxyl groups excluding tert-OH is 5. The zero-order chi connectivity index (χ0) is 48.0. The molecule has 0 bridgehead atoms. The van der Waals surface area contributed by atoms with Crippen molar-refractivity contribution in [3.63, 3.8) is 0 Å². The van der Waals surface area contributed by atoms with Crippen molar-refractivity contribution in [2.45, 2.75) is 269 Å². The summed E-state index contributed by atoms with van der Waals surface area (Å²) in [5.41, 5.74) is 0. The second-order valence-corrected chi connectivity index (χ2v) is 18.6. The molecule has 1 saturated heterocycles. The molecule has 1 amide bonds.